The maximum atomic E-state index is 13.2. The van der Waals surface area contributed by atoms with E-state index in [4.69, 9.17) is 18.9 Å². The van der Waals surface area contributed by atoms with E-state index in [9.17, 15) is 19.2 Å². The first kappa shape index (κ1) is 37.7. The Balaban J connectivity index is 1.30. The molecule has 0 radical (unpaired) electrons. The Bertz CT molecular complexity index is 1750. The van der Waals surface area contributed by atoms with Gasteiger partial charge in [0.15, 0.2) is 0 Å². The standard InChI is InChI=1S/C39H41BrN2O8/c1-26-9-11-29(12-10-26)23-41-35(43)22-28-13-15-30(16-14-28)24-47-36(44)34(42-37(45)50-39(2,3)4)21-27-17-19-32(20-18-27)49-38(46)48-25-31-7-5-6-8-33(31)40/h5-20,34H,21-25H2,1-4H3,(H,41,43)(H,42,45)/t34-/m1/s1. The quantitative estimate of drug-likeness (QED) is 0.0818. The van der Waals surface area contributed by atoms with E-state index in [2.05, 4.69) is 26.6 Å². The van der Waals surface area contributed by atoms with E-state index in [-0.39, 0.29) is 37.7 Å². The molecule has 1 atom stereocenters. The van der Waals surface area contributed by atoms with Crippen LogP contribution >= 0.6 is 15.9 Å². The summed E-state index contributed by atoms with van der Waals surface area (Å²) in [4.78, 5) is 50.5. The first-order valence-electron chi connectivity index (χ1n) is 16.1. The largest absolute Gasteiger partial charge is 0.514 e. The summed E-state index contributed by atoms with van der Waals surface area (Å²) in [7, 11) is 0. The van der Waals surface area contributed by atoms with Crippen molar-refractivity contribution >= 4 is 40.1 Å². The molecule has 0 aromatic heterocycles. The van der Waals surface area contributed by atoms with Crippen LogP contribution in [0.3, 0.4) is 0 Å². The van der Waals surface area contributed by atoms with Gasteiger partial charge in [0, 0.05) is 23.0 Å². The van der Waals surface area contributed by atoms with Crippen LogP contribution in [0.2, 0.25) is 0 Å². The Hall–Kier alpha value is -5.16. The molecule has 4 aromatic carbocycles. The molecular weight excluding hydrogens is 704 g/mol. The van der Waals surface area contributed by atoms with Gasteiger partial charge in [0.2, 0.25) is 5.91 Å². The zero-order valence-electron chi connectivity index (χ0n) is 28.5. The Morgan fingerprint density at radius 1 is 0.740 bits per heavy atom. The van der Waals surface area contributed by atoms with Crippen LogP contribution in [0.1, 0.15) is 54.2 Å². The highest BCUT2D eigenvalue weighted by atomic mass is 79.9. The van der Waals surface area contributed by atoms with Gasteiger partial charge in [-0.2, -0.15) is 0 Å². The van der Waals surface area contributed by atoms with E-state index in [0.717, 1.165) is 26.7 Å². The number of benzene rings is 4. The number of halogens is 1. The monoisotopic (exact) mass is 744 g/mol. The van der Waals surface area contributed by atoms with E-state index in [0.29, 0.717) is 17.7 Å². The number of ether oxygens (including phenoxy) is 4. The Morgan fingerprint density at radius 2 is 1.36 bits per heavy atom. The number of amides is 2. The van der Waals surface area contributed by atoms with Crippen LogP contribution in [0.25, 0.3) is 0 Å². The summed E-state index contributed by atoms with van der Waals surface area (Å²) in [5.41, 5.74) is 4.40. The Morgan fingerprint density at radius 3 is 2.02 bits per heavy atom. The van der Waals surface area contributed by atoms with Gasteiger partial charge in [-0.1, -0.05) is 100 Å². The van der Waals surface area contributed by atoms with Crippen molar-refractivity contribution < 1.29 is 38.1 Å². The molecule has 4 rings (SSSR count). The van der Waals surface area contributed by atoms with Gasteiger partial charge in [-0.15, -0.1) is 0 Å². The molecule has 0 bridgehead atoms. The minimum atomic E-state index is -1.07. The Kier molecular flexibility index (Phi) is 13.6. The second-order valence-electron chi connectivity index (χ2n) is 12.6. The minimum Gasteiger partial charge on any atom is -0.459 e. The van der Waals surface area contributed by atoms with Crippen molar-refractivity contribution in [2.24, 2.45) is 0 Å². The van der Waals surface area contributed by atoms with Crippen LogP contribution in [0.5, 0.6) is 5.75 Å². The number of hydrogen-bond acceptors (Lipinski definition) is 8. The fourth-order valence-electron chi connectivity index (χ4n) is 4.61. The van der Waals surface area contributed by atoms with Gasteiger partial charge in [-0.05, 0) is 68.1 Å². The van der Waals surface area contributed by atoms with Crippen molar-refractivity contribution in [2.45, 2.75) is 71.9 Å². The van der Waals surface area contributed by atoms with Gasteiger partial charge < -0.3 is 29.6 Å². The molecule has 11 heteroatoms. The van der Waals surface area contributed by atoms with Crippen molar-refractivity contribution in [3.63, 3.8) is 0 Å². The van der Waals surface area contributed by atoms with Crippen molar-refractivity contribution in [3.8, 4) is 5.75 Å². The maximum Gasteiger partial charge on any atom is 0.514 e. The molecule has 0 heterocycles. The smallest absolute Gasteiger partial charge is 0.459 e. The van der Waals surface area contributed by atoms with Crippen LogP contribution in [0.4, 0.5) is 9.59 Å². The summed E-state index contributed by atoms with van der Waals surface area (Å²) in [6.45, 7) is 7.62. The van der Waals surface area contributed by atoms with Gasteiger partial charge in [0.1, 0.15) is 30.6 Å². The summed E-state index contributed by atoms with van der Waals surface area (Å²) in [6.07, 6.45) is -1.33. The van der Waals surface area contributed by atoms with Gasteiger partial charge >= 0.3 is 18.2 Å². The first-order valence-corrected chi connectivity index (χ1v) is 16.9. The van der Waals surface area contributed by atoms with Crippen LogP contribution in [-0.4, -0.2) is 35.8 Å². The van der Waals surface area contributed by atoms with Crippen LogP contribution < -0.4 is 15.4 Å². The third kappa shape index (κ3) is 13.0. The number of carbonyl (C=O) groups excluding carboxylic acids is 4. The first-order chi connectivity index (χ1) is 23.8. The molecular formula is C39H41BrN2O8. The molecule has 0 aliphatic rings. The topological polar surface area (TPSA) is 129 Å². The zero-order valence-corrected chi connectivity index (χ0v) is 30.1. The highest BCUT2D eigenvalue weighted by molar-refractivity contribution is 9.10. The number of esters is 1. The zero-order chi connectivity index (χ0) is 36.1. The normalized spacial score (nSPS) is 11.5. The van der Waals surface area contributed by atoms with E-state index in [1.54, 1.807) is 57.2 Å². The van der Waals surface area contributed by atoms with E-state index < -0.39 is 29.9 Å². The third-order valence-electron chi connectivity index (χ3n) is 7.22. The number of rotatable bonds is 13. The van der Waals surface area contributed by atoms with E-state index in [1.807, 2.05) is 67.6 Å². The molecule has 262 valence electrons. The number of nitrogens with one attached hydrogen (secondary N) is 2. The maximum absolute atomic E-state index is 13.2. The molecule has 0 saturated heterocycles. The molecule has 0 spiro atoms. The summed E-state index contributed by atoms with van der Waals surface area (Å²) in [5.74, 6) is -0.513. The van der Waals surface area contributed by atoms with Crippen molar-refractivity contribution in [3.05, 3.63) is 135 Å². The molecule has 0 aliphatic heterocycles. The average molecular weight is 746 g/mol. The molecule has 0 aliphatic carbocycles. The molecule has 50 heavy (non-hydrogen) atoms. The number of aryl methyl sites for hydroxylation is 1. The molecule has 10 nitrogen and oxygen atoms in total. The van der Waals surface area contributed by atoms with Crippen molar-refractivity contribution in [1.82, 2.24) is 10.6 Å². The highest BCUT2D eigenvalue weighted by Crippen LogP contribution is 2.19. The molecule has 0 unspecified atom stereocenters. The van der Waals surface area contributed by atoms with Gasteiger partial charge in [-0.25, -0.2) is 14.4 Å². The van der Waals surface area contributed by atoms with Gasteiger partial charge in [-0.3, -0.25) is 4.79 Å². The van der Waals surface area contributed by atoms with Crippen LogP contribution in [0.15, 0.2) is 102 Å². The summed E-state index contributed by atoms with van der Waals surface area (Å²) < 4.78 is 22.2. The lowest BCUT2D eigenvalue weighted by Crippen LogP contribution is -2.45. The predicted molar refractivity (Wildman–Crippen MR) is 191 cm³/mol. The lowest BCUT2D eigenvalue weighted by molar-refractivity contribution is -0.147. The van der Waals surface area contributed by atoms with Gasteiger partial charge in [0.25, 0.3) is 0 Å². The molecule has 0 saturated carbocycles. The van der Waals surface area contributed by atoms with Crippen LogP contribution in [-0.2, 0) is 56.4 Å². The number of hydrogen-bond donors (Lipinski definition) is 2. The lowest BCUT2D eigenvalue weighted by Gasteiger charge is -2.23. The van der Waals surface area contributed by atoms with Crippen molar-refractivity contribution in [1.29, 1.82) is 0 Å². The average Bonchev–Trinajstić information content (AvgIpc) is 3.07. The molecule has 0 fully saturated rings. The second kappa shape index (κ2) is 18.0. The number of carbonyl (C=O) groups is 4. The number of alkyl carbamates (subject to hydrolysis) is 1. The Labute approximate surface area is 300 Å². The summed E-state index contributed by atoms with van der Waals surface area (Å²) in [6, 6.07) is 27.9. The second-order valence-corrected chi connectivity index (χ2v) is 13.5. The fraction of sp³-hybridized carbons (Fsp3) is 0.282. The molecule has 2 N–H and O–H groups in total. The molecule has 2 amide bonds. The lowest BCUT2D eigenvalue weighted by atomic mass is 10.1. The highest BCUT2D eigenvalue weighted by Gasteiger charge is 2.26. The van der Waals surface area contributed by atoms with Crippen LogP contribution in [0, 0.1) is 6.92 Å². The predicted octanol–water partition coefficient (Wildman–Crippen LogP) is 7.51. The third-order valence-corrected chi connectivity index (χ3v) is 8.00. The SMILES string of the molecule is Cc1ccc(CNC(=O)Cc2ccc(COC(=O)[C@@H](Cc3ccc(OC(=O)OCc4ccccc4Br)cc3)NC(=O)OC(C)(C)C)cc2)cc1. The van der Waals surface area contributed by atoms with E-state index >= 15 is 0 Å². The fourth-order valence-corrected chi connectivity index (χ4v) is 5.01. The van der Waals surface area contributed by atoms with Crippen molar-refractivity contribution in [2.75, 3.05) is 0 Å². The van der Waals surface area contributed by atoms with Gasteiger partial charge in [0.05, 0.1) is 6.42 Å². The summed E-state index contributed by atoms with van der Waals surface area (Å²) in [5, 5.41) is 5.53. The van der Waals surface area contributed by atoms with E-state index in [1.165, 1.54) is 0 Å². The molecule has 4 aromatic rings. The minimum absolute atomic E-state index is 0.0365. The summed E-state index contributed by atoms with van der Waals surface area (Å²) >= 11 is 3.41.